The number of nitro groups is 1. The molecular formula is C13H13FN2O5. The Hall–Kier alpha value is -2.51. The number of carboxylic acid groups (broad SMARTS) is 1. The molecule has 1 aromatic rings. The zero-order chi connectivity index (χ0) is 15.7. The number of carboxylic acids is 1. The molecule has 1 saturated heterocycles. The summed E-state index contributed by atoms with van der Waals surface area (Å²) in [5.41, 5.74) is -0.735. The zero-order valence-electron chi connectivity index (χ0n) is 11.2. The number of aliphatic carboxylic acids is 1. The number of halogens is 1. The molecule has 1 amide bonds. The van der Waals surface area contributed by atoms with E-state index >= 15 is 0 Å². The summed E-state index contributed by atoms with van der Waals surface area (Å²) in [6.07, 6.45) is 0. The van der Waals surface area contributed by atoms with Gasteiger partial charge in [-0.1, -0.05) is 6.92 Å². The van der Waals surface area contributed by atoms with Gasteiger partial charge in [0.05, 0.1) is 10.8 Å². The van der Waals surface area contributed by atoms with E-state index in [0.29, 0.717) is 0 Å². The highest BCUT2D eigenvalue weighted by atomic mass is 19.1. The molecule has 1 unspecified atom stereocenters. The van der Waals surface area contributed by atoms with Gasteiger partial charge in [0.1, 0.15) is 0 Å². The highest BCUT2D eigenvalue weighted by Gasteiger charge is 2.37. The predicted octanol–water partition coefficient (Wildman–Crippen LogP) is 1.53. The Morgan fingerprint density at radius 2 is 2.10 bits per heavy atom. The SMILES string of the molecule is CC(C(=O)O)C1CN(C(=O)c2ccc(F)c([N+](=O)[O-])c2)C1. The summed E-state index contributed by atoms with van der Waals surface area (Å²) in [6, 6.07) is 2.95. The summed E-state index contributed by atoms with van der Waals surface area (Å²) in [5, 5.41) is 19.5. The quantitative estimate of drug-likeness (QED) is 0.670. The Labute approximate surface area is 119 Å². The fraction of sp³-hybridized carbons (Fsp3) is 0.385. The van der Waals surface area contributed by atoms with Crippen molar-refractivity contribution in [2.75, 3.05) is 13.1 Å². The standard InChI is InChI=1S/C13H13FN2O5/c1-7(13(18)19)9-5-15(6-9)12(17)8-2-3-10(14)11(4-8)16(20)21/h2-4,7,9H,5-6H2,1H3,(H,18,19). The van der Waals surface area contributed by atoms with E-state index in [4.69, 9.17) is 5.11 Å². The fourth-order valence-corrected chi connectivity index (χ4v) is 2.16. The van der Waals surface area contributed by atoms with E-state index in [-0.39, 0.29) is 24.6 Å². The maximum absolute atomic E-state index is 13.2. The Bertz CT molecular complexity index is 613. The summed E-state index contributed by atoms with van der Waals surface area (Å²) < 4.78 is 13.2. The maximum atomic E-state index is 13.2. The van der Waals surface area contributed by atoms with Gasteiger partial charge in [-0.2, -0.15) is 4.39 Å². The molecule has 2 rings (SSSR count). The first-order valence-electron chi connectivity index (χ1n) is 6.27. The van der Waals surface area contributed by atoms with Crippen LogP contribution in [0.1, 0.15) is 17.3 Å². The third-order valence-electron chi connectivity index (χ3n) is 3.68. The number of carbonyl (C=O) groups excluding carboxylic acids is 1. The van der Waals surface area contributed by atoms with Gasteiger partial charge in [0.15, 0.2) is 0 Å². The third-order valence-corrected chi connectivity index (χ3v) is 3.68. The molecule has 112 valence electrons. The highest BCUT2D eigenvalue weighted by molar-refractivity contribution is 5.95. The molecule has 0 radical (unpaired) electrons. The van der Waals surface area contributed by atoms with Crippen molar-refractivity contribution in [3.8, 4) is 0 Å². The minimum Gasteiger partial charge on any atom is -0.481 e. The Balaban J connectivity index is 2.08. The molecule has 1 aliphatic heterocycles. The largest absolute Gasteiger partial charge is 0.481 e. The number of rotatable bonds is 4. The molecule has 7 nitrogen and oxygen atoms in total. The van der Waals surface area contributed by atoms with Crippen LogP contribution >= 0.6 is 0 Å². The number of likely N-dealkylation sites (tertiary alicyclic amines) is 1. The minimum absolute atomic E-state index is 0.0181. The lowest BCUT2D eigenvalue weighted by atomic mass is 9.86. The average Bonchev–Trinajstić information content (AvgIpc) is 2.36. The van der Waals surface area contributed by atoms with Gasteiger partial charge in [-0.3, -0.25) is 19.7 Å². The Morgan fingerprint density at radius 1 is 1.48 bits per heavy atom. The van der Waals surface area contributed by atoms with Crippen molar-refractivity contribution in [1.82, 2.24) is 4.90 Å². The van der Waals surface area contributed by atoms with Gasteiger partial charge < -0.3 is 10.0 Å². The van der Waals surface area contributed by atoms with Crippen LogP contribution in [0.2, 0.25) is 0 Å². The van der Waals surface area contributed by atoms with E-state index in [2.05, 4.69) is 0 Å². The summed E-state index contributed by atoms with van der Waals surface area (Å²) in [6.45, 7) is 2.12. The van der Waals surface area contributed by atoms with Crippen LogP contribution in [0.25, 0.3) is 0 Å². The number of carbonyl (C=O) groups is 2. The first-order valence-corrected chi connectivity index (χ1v) is 6.27. The highest BCUT2D eigenvalue weighted by Crippen LogP contribution is 2.27. The number of hydrogen-bond acceptors (Lipinski definition) is 4. The molecule has 0 aliphatic carbocycles. The van der Waals surface area contributed by atoms with Gasteiger partial charge in [-0.05, 0) is 12.1 Å². The number of hydrogen-bond donors (Lipinski definition) is 1. The second-order valence-electron chi connectivity index (χ2n) is 5.02. The van der Waals surface area contributed by atoms with Gasteiger partial charge in [0, 0.05) is 30.6 Å². The molecule has 1 aliphatic rings. The van der Waals surface area contributed by atoms with Crippen molar-refractivity contribution in [3.63, 3.8) is 0 Å². The summed E-state index contributed by atoms with van der Waals surface area (Å²) in [7, 11) is 0. The first-order chi connectivity index (χ1) is 9.81. The molecule has 0 spiro atoms. The van der Waals surface area contributed by atoms with Crippen LogP contribution in [-0.2, 0) is 4.79 Å². The van der Waals surface area contributed by atoms with Gasteiger partial charge >= 0.3 is 11.7 Å². The summed E-state index contributed by atoms with van der Waals surface area (Å²) in [5.74, 6) is -3.09. The molecule has 1 N–H and O–H groups in total. The lowest BCUT2D eigenvalue weighted by molar-refractivity contribution is -0.387. The Morgan fingerprint density at radius 3 is 2.62 bits per heavy atom. The van der Waals surface area contributed by atoms with Gasteiger partial charge in [-0.25, -0.2) is 0 Å². The molecule has 21 heavy (non-hydrogen) atoms. The van der Waals surface area contributed by atoms with Crippen LogP contribution in [-0.4, -0.2) is 39.9 Å². The molecular weight excluding hydrogens is 283 g/mol. The van der Waals surface area contributed by atoms with Gasteiger partial charge in [0.25, 0.3) is 5.91 Å². The van der Waals surface area contributed by atoms with E-state index in [0.717, 1.165) is 12.1 Å². The van der Waals surface area contributed by atoms with Crippen LogP contribution in [0.5, 0.6) is 0 Å². The van der Waals surface area contributed by atoms with Crippen LogP contribution in [0.15, 0.2) is 18.2 Å². The third kappa shape index (κ3) is 2.83. The van der Waals surface area contributed by atoms with E-state index in [9.17, 15) is 24.1 Å². The topological polar surface area (TPSA) is 101 Å². The van der Waals surface area contributed by atoms with Crippen LogP contribution in [0.4, 0.5) is 10.1 Å². The lowest BCUT2D eigenvalue weighted by Crippen LogP contribution is -2.53. The average molecular weight is 296 g/mol. The maximum Gasteiger partial charge on any atom is 0.306 e. The minimum atomic E-state index is -1.00. The second-order valence-corrected chi connectivity index (χ2v) is 5.02. The molecule has 0 bridgehead atoms. The van der Waals surface area contributed by atoms with Gasteiger partial charge in [0.2, 0.25) is 5.82 Å². The number of nitrogens with zero attached hydrogens (tertiary/aromatic N) is 2. The molecule has 1 aromatic carbocycles. The molecule has 8 heteroatoms. The normalized spacial score (nSPS) is 16.2. The molecule has 1 atom stereocenters. The number of nitro benzene ring substituents is 1. The van der Waals surface area contributed by atoms with Crippen molar-refractivity contribution in [2.45, 2.75) is 6.92 Å². The van der Waals surface area contributed by atoms with E-state index in [1.54, 1.807) is 6.92 Å². The van der Waals surface area contributed by atoms with Crippen molar-refractivity contribution < 1.29 is 24.0 Å². The first kappa shape index (κ1) is 14.9. The van der Waals surface area contributed by atoms with Crippen LogP contribution < -0.4 is 0 Å². The fourth-order valence-electron chi connectivity index (χ4n) is 2.16. The molecule has 1 heterocycles. The zero-order valence-corrected chi connectivity index (χ0v) is 11.2. The van der Waals surface area contributed by atoms with Gasteiger partial charge in [-0.15, -0.1) is 0 Å². The molecule has 0 aromatic heterocycles. The van der Waals surface area contributed by atoms with E-state index in [1.807, 2.05) is 0 Å². The van der Waals surface area contributed by atoms with Crippen molar-refractivity contribution in [3.05, 3.63) is 39.7 Å². The second kappa shape index (κ2) is 5.47. The monoisotopic (exact) mass is 296 g/mol. The van der Waals surface area contributed by atoms with Crippen molar-refractivity contribution in [2.24, 2.45) is 11.8 Å². The number of benzene rings is 1. The van der Waals surface area contributed by atoms with E-state index < -0.39 is 34.2 Å². The summed E-state index contributed by atoms with van der Waals surface area (Å²) in [4.78, 5) is 34.0. The van der Waals surface area contributed by atoms with E-state index in [1.165, 1.54) is 11.0 Å². The van der Waals surface area contributed by atoms with Crippen molar-refractivity contribution >= 4 is 17.6 Å². The van der Waals surface area contributed by atoms with Crippen LogP contribution in [0, 0.1) is 27.8 Å². The molecule has 1 fully saturated rings. The molecule has 0 saturated carbocycles. The predicted molar refractivity (Wildman–Crippen MR) is 69.2 cm³/mol. The lowest BCUT2D eigenvalue weighted by Gasteiger charge is -2.41. The summed E-state index contributed by atoms with van der Waals surface area (Å²) >= 11 is 0. The van der Waals surface area contributed by atoms with Crippen molar-refractivity contribution in [1.29, 1.82) is 0 Å². The Kier molecular flexibility index (Phi) is 3.88. The smallest absolute Gasteiger partial charge is 0.306 e. The number of amides is 1. The van der Waals surface area contributed by atoms with Crippen LogP contribution in [0.3, 0.4) is 0 Å².